The van der Waals surface area contributed by atoms with E-state index in [9.17, 15) is 8.42 Å². The van der Waals surface area contributed by atoms with Crippen LogP contribution < -0.4 is 0 Å². The molecule has 0 N–H and O–H groups in total. The highest BCUT2D eigenvalue weighted by molar-refractivity contribution is 7.90. The molecule has 0 bridgehead atoms. The summed E-state index contributed by atoms with van der Waals surface area (Å²) in [6.45, 7) is 1.93. The van der Waals surface area contributed by atoms with Gasteiger partial charge >= 0.3 is 0 Å². The van der Waals surface area contributed by atoms with Gasteiger partial charge in [-0.25, -0.2) is 13.4 Å². The molecule has 2 heterocycles. The first kappa shape index (κ1) is 18.2. The van der Waals surface area contributed by atoms with Crippen LogP contribution in [0.5, 0.6) is 0 Å². The van der Waals surface area contributed by atoms with Crippen LogP contribution >= 0.6 is 11.5 Å². The summed E-state index contributed by atoms with van der Waals surface area (Å²) in [5.74, 6) is -0.171. The number of pyridine rings is 1. The minimum Gasteiger partial charge on any atom is -0.256 e. The van der Waals surface area contributed by atoms with E-state index in [1.807, 2.05) is 19.1 Å². The molecule has 0 atom stereocenters. The monoisotopic (exact) mass is 406 g/mol. The second-order valence-electron chi connectivity index (χ2n) is 6.28. The molecule has 2 aromatic carbocycles. The molecule has 2 aromatic heterocycles. The van der Waals surface area contributed by atoms with E-state index >= 15 is 0 Å². The molecule has 4 aromatic rings. The minimum atomic E-state index is -3.52. The topological polar surface area (TPSA) is 96.6 Å². The van der Waals surface area contributed by atoms with E-state index in [0.29, 0.717) is 10.6 Å². The Bertz CT molecular complexity index is 1320. The number of rotatable bonds is 4. The standard InChI is InChI=1S/C20H14N4O2S2/c1-13-8-14(10-21)2-4-17(13)20-18-5-3-16(9-15(18)6-7-22-20)28(25,26)11-19-23-12-24-27-19/h2-9,12H,11H2,1H3. The fourth-order valence-corrected chi connectivity index (χ4v) is 5.20. The zero-order valence-corrected chi connectivity index (χ0v) is 16.5. The second kappa shape index (κ2) is 7.11. The molecule has 0 radical (unpaired) electrons. The Morgan fingerprint density at radius 2 is 1.96 bits per heavy atom. The van der Waals surface area contributed by atoms with Crippen LogP contribution in [0, 0.1) is 18.3 Å². The van der Waals surface area contributed by atoms with Crippen LogP contribution in [0.25, 0.3) is 22.0 Å². The summed E-state index contributed by atoms with van der Waals surface area (Å²) >= 11 is 1.08. The van der Waals surface area contributed by atoms with E-state index in [2.05, 4.69) is 20.4 Å². The van der Waals surface area contributed by atoms with E-state index < -0.39 is 9.84 Å². The van der Waals surface area contributed by atoms with Crippen molar-refractivity contribution in [3.05, 3.63) is 71.1 Å². The van der Waals surface area contributed by atoms with Crippen molar-refractivity contribution < 1.29 is 8.42 Å². The van der Waals surface area contributed by atoms with Crippen molar-refractivity contribution >= 4 is 32.1 Å². The van der Waals surface area contributed by atoms with Crippen molar-refractivity contribution in [3.8, 4) is 17.3 Å². The molecule has 0 aliphatic carbocycles. The van der Waals surface area contributed by atoms with Gasteiger partial charge in [-0.2, -0.15) is 9.64 Å². The molecule has 6 nitrogen and oxygen atoms in total. The highest BCUT2D eigenvalue weighted by Crippen LogP contribution is 2.31. The van der Waals surface area contributed by atoms with Gasteiger partial charge in [0, 0.05) is 17.1 Å². The summed E-state index contributed by atoms with van der Waals surface area (Å²) < 4.78 is 29.3. The largest absolute Gasteiger partial charge is 0.256 e. The van der Waals surface area contributed by atoms with Gasteiger partial charge in [-0.3, -0.25) is 4.98 Å². The molecule has 0 spiro atoms. The number of aryl methyl sites for hydroxylation is 1. The lowest BCUT2D eigenvalue weighted by atomic mass is 9.98. The number of hydrogen-bond acceptors (Lipinski definition) is 7. The third-order valence-corrected chi connectivity index (χ3v) is 6.89. The molecular weight excluding hydrogens is 392 g/mol. The van der Waals surface area contributed by atoms with E-state index in [-0.39, 0.29) is 10.6 Å². The van der Waals surface area contributed by atoms with E-state index in [4.69, 9.17) is 5.26 Å². The number of aromatic nitrogens is 3. The first-order chi connectivity index (χ1) is 13.5. The lowest BCUT2D eigenvalue weighted by Crippen LogP contribution is -2.04. The van der Waals surface area contributed by atoms with Crippen LogP contribution in [0.1, 0.15) is 16.1 Å². The predicted molar refractivity (Wildman–Crippen MR) is 107 cm³/mol. The van der Waals surface area contributed by atoms with Gasteiger partial charge in [0.2, 0.25) is 0 Å². The number of sulfone groups is 1. The fraction of sp³-hybridized carbons (Fsp3) is 0.100. The smallest absolute Gasteiger partial charge is 0.184 e. The molecule has 4 rings (SSSR count). The summed E-state index contributed by atoms with van der Waals surface area (Å²) in [7, 11) is -3.52. The fourth-order valence-electron chi connectivity index (χ4n) is 3.07. The maximum Gasteiger partial charge on any atom is 0.184 e. The Kier molecular flexibility index (Phi) is 4.63. The second-order valence-corrected chi connectivity index (χ2v) is 9.13. The summed E-state index contributed by atoms with van der Waals surface area (Å²) in [4.78, 5) is 8.70. The number of nitriles is 1. The Morgan fingerprint density at radius 3 is 2.68 bits per heavy atom. The summed E-state index contributed by atoms with van der Waals surface area (Å²) in [5.41, 5.74) is 3.19. The van der Waals surface area contributed by atoms with Crippen LogP contribution in [0.2, 0.25) is 0 Å². The molecule has 138 valence electrons. The Labute approximate surface area is 166 Å². The van der Waals surface area contributed by atoms with Crippen LogP contribution in [0.3, 0.4) is 0 Å². The highest BCUT2D eigenvalue weighted by atomic mass is 32.2. The molecule has 8 heteroatoms. The molecule has 0 aliphatic rings. The van der Waals surface area contributed by atoms with E-state index in [1.54, 1.807) is 36.5 Å². The quantitative estimate of drug-likeness (QED) is 0.510. The number of nitrogens with zero attached hydrogens (tertiary/aromatic N) is 4. The zero-order chi connectivity index (χ0) is 19.7. The van der Waals surface area contributed by atoms with Crippen LogP contribution in [-0.4, -0.2) is 22.8 Å². The van der Waals surface area contributed by atoms with Crippen molar-refractivity contribution in [2.24, 2.45) is 0 Å². The Morgan fingerprint density at radius 1 is 1.11 bits per heavy atom. The number of fused-ring (bicyclic) bond motifs is 1. The van der Waals surface area contributed by atoms with Crippen molar-refractivity contribution in [1.82, 2.24) is 14.3 Å². The van der Waals surface area contributed by atoms with Gasteiger partial charge in [0.15, 0.2) is 9.84 Å². The third kappa shape index (κ3) is 3.38. The summed E-state index contributed by atoms with van der Waals surface area (Å²) in [6, 6.07) is 14.4. The highest BCUT2D eigenvalue weighted by Gasteiger charge is 2.19. The maximum absolute atomic E-state index is 12.7. The Balaban J connectivity index is 1.80. The van der Waals surface area contributed by atoms with Crippen molar-refractivity contribution in [1.29, 1.82) is 5.26 Å². The average Bonchev–Trinajstić information content (AvgIpc) is 3.19. The van der Waals surface area contributed by atoms with Gasteiger partial charge in [0.1, 0.15) is 17.1 Å². The first-order valence-electron chi connectivity index (χ1n) is 8.36. The minimum absolute atomic E-state index is 0.171. The molecule has 0 amide bonds. The molecule has 0 unspecified atom stereocenters. The molecule has 0 aliphatic heterocycles. The molecule has 0 fully saturated rings. The normalized spacial score (nSPS) is 11.4. The van der Waals surface area contributed by atoms with E-state index in [1.165, 1.54) is 6.33 Å². The lowest BCUT2D eigenvalue weighted by Gasteiger charge is -2.10. The SMILES string of the molecule is Cc1cc(C#N)ccc1-c1nccc2cc(S(=O)(=O)Cc3ncns3)ccc12. The van der Waals surface area contributed by atoms with Gasteiger partial charge in [-0.1, -0.05) is 12.1 Å². The van der Waals surface area contributed by atoms with Gasteiger partial charge in [0.05, 0.1) is 22.2 Å². The average molecular weight is 406 g/mol. The Hall–Kier alpha value is -3.15. The summed E-state index contributed by atoms with van der Waals surface area (Å²) in [6.07, 6.45) is 3.02. The number of benzene rings is 2. The molecule has 0 saturated carbocycles. The molecular formula is C20H14N4O2S2. The van der Waals surface area contributed by atoms with Gasteiger partial charge < -0.3 is 0 Å². The van der Waals surface area contributed by atoms with Crippen molar-refractivity contribution in [3.63, 3.8) is 0 Å². The van der Waals surface area contributed by atoms with Crippen LogP contribution in [0.4, 0.5) is 0 Å². The van der Waals surface area contributed by atoms with Crippen LogP contribution in [0.15, 0.2) is 59.9 Å². The number of hydrogen-bond donors (Lipinski definition) is 0. The maximum atomic E-state index is 12.7. The zero-order valence-electron chi connectivity index (χ0n) is 14.8. The van der Waals surface area contributed by atoms with Crippen molar-refractivity contribution in [2.75, 3.05) is 0 Å². The van der Waals surface area contributed by atoms with Crippen LogP contribution in [-0.2, 0) is 15.6 Å². The molecule has 28 heavy (non-hydrogen) atoms. The third-order valence-electron chi connectivity index (χ3n) is 4.43. The predicted octanol–water partition coefficient (Wildman–Crippen LogP) is 3.91. The lowest BCUT2D eigenvalue weighted by molar-refractivity contribution is 0.595. The van der Waals surface area contributed by atoms with E-state index in [0.717, 1.165) is 39.1 Å². The van der Waals surface area contributed by atoms with Gasteiger partial charge in [0.25, 0.3) is 0 Å². The van der Waals surface area contributed by atoms with Crippen molar-refractivity contribution in [2.45, 2.75) is 17.6 Å². The molecule has 0 saturated heterocycles. The first-order valence-corrected chi connectivity index (χ1v) is 10.8. The summed E-state index contributed by atoms with van der Waals surface area (Å²) in [5, 5.41) is 11.2. The van der Waals surface area contributed by atoms with Gasteiger partial charge in [-0.05, 0) is 59.7 Å². The van der Waals surface area contributed by atoms with Gasteiger partial charge in [-0.15, -0.1) is 0 Å².